The number of methoxy groups -OCH3 is 7. The van der Waals surface area contributed by atoms with Crippen LogP contribution in [0.1, 0.15) is 58.3 Å². The molecular formula is C54H82N4O47S7-8. The van der Waals surface area contributed by atoms with Crippen molar-refractivity contribution >= 4 is 110 Å². The van der Waals surface area contributed by atoms with Crippen LogP contribution in [0, 0.1) is 5.92 Å². The highest BCUT2D eigenvalue weighted by atomic mass is 32.3. The van der Waals surface area contributed by atoms with Gasteiger partial charge in [0.05, 0.1) is 56.1 Å². The van der Waals surface area contributed by atoms with E-state index in [-0.39, 0.29) is 79.7 Å². The van der Waals surface area contributed by atoms with Crippen molar-refractivity contribution in [1.82, 2.24) is 21.3 Å². The van der Waals surface area contributed by atoms with E-state index in [4.69, 9.17) is 88.3 Å². The zero-order chi connectivity index (χ0) is 82.2. The van der Waals surface area contributed by atoms with Gasteiger partial charge >= 0.3 is 6.03 Å². The Morgan fingerprint density at radius 2 is 0.902 bits per heavy atom. The standard InChI is InChI=1S/C54H90N4O47S7/c1-22-24(18-85-110(69,70)71)88-49(31(32(22)78-2)57-29(60)16-10-9-13-17-55-28(59)15-12-11-14-27-30-23(21-106-27)56-54(65)58-30)93-38-36(80-4)43(82-6)52(95-41(38)47(61)62)92-34-26(20-87-112(75,76)77)90-53(46(99-109-105-102-68)40(34)97-107-103-100-66)94-39-37(81-5)44(83-7)51(96-42(39)48(63)64)91-33-25(19-86-111(72,73)74)89-50(84-8)45(35(33)79-3)98-108-104-101-67/h22-27,30-46,49-53,66-68H,9-21H2,1-8H3,(H,55,59)(H,57,60)(H,61,62)(H,63,64)(H2,56,58,65)(H,69,70,71)(H,72,73,74)(H,75,76,77)/p-8/t22-,23?,24?,25?,26?,27?,30?,31?,32+,33-,34-,35+,36+,37?,38+,39+,40?,41?,42-,43?,44?,45?,46?,49+,50+,51+,52-,53-/m1/s1. The number of nitrogens with one attached hydrogen (secondary N) is 4. The van der Waals surface area contributed by atoms with E-state index in [1.807, 2.05) is 0 Å². The van der Waals surface area contributed by atoms with Gasteiger partial charge in [-0.25, -0.2) is 30.0 Å². The minimum absolute atomic E-state index is 0.0414. The monoisotopic (exact) mass is 1760 g/mol. The van der Waals surface area contributed by atoms with Gasteiger partial charge in [0.1, 0.15) is 91.5 Å². The van der Waals surface area contributed by atoms with Gasteiger partial charge < -0.3 is 146 Å². The number of aliphatic carboxylic acids is 2. The number of amides is 4. The maximum atomic E-state index is 13.9. The second-order valence-electron chi connectivity index (χ2n) is 24.8. The minimum atomic E-state index is -5.85. The van der Waals surface area contributed by atoms with Crippen molar-refractivity contribution in [1.29, 1.82) is 0 Å². The predicted molar refractivity (Wildman–Crippen MR) is 342 cm³/mol. The molecule has 7 aliphatic rings. The lowest BCUT2D eigenvalue weighted by atomic mass is 9.88. The number of ether oxygens (including phenoxy) is 16. The van der Waals surface area contributed by atoms with Crippen molar-refractivity contribution in [2.24, 2.45) is 5.92 Å². The quantitative estimate of drug-likeness (QED) is 0.00836. The van der Waals surface area contributed by atoms with Crippen LogP contribution in [0.2, 0.25) is 0 Å². The summed E-state index contributed by atoms with van der Waals surface area (Å²) in [6.07, 6.45) is -42.8. The molecule has 58 heteroatoms. The molecule has 4 N–H and O–H groups in total. The van der Waals surface area contributed by atoms with Crippen LogP contribution in [-0.2, 0) is 179 Å². The van der Waals surface area contributed by atoms with E-state index >= 15 is 0 Å². The SMILES string of the molecule is COC1C(OC)[C@H](O[C@H]2OC(COS(=O)(=O)[O-])[C@@H](O[C@@H]3OC(C(=O)[O-])[C@@H](O[C@@H]4OC(COS(=O)(=O)[O-])[C@@H](C)[C@H](OC)C4NC(=O)CCCCCNC(=O)CCCCC4SCC5NC(=O)NC54)[C@H](OC)C3OC)C(OSOO[O-])C2OSOO[O-])[C@H](C(=O)[O-])O[C@@H]1O[C@@H]1C(COS(=O)(=O)[O-])O[C@H](OC)C(OSOO[O-])[C@H]1OC. The second-order valence-corrected chi connectivity index (χ2v) is 30.6. The van der Waals surface area contributed by atoms with Crippen LogP contribution in [0.15, 0.2) is 0 Å². The molecule has 28 atom stereocenters. The molecular weight excluding hydrogens is 1680 g/mol. The fraction of sp³-hybridized carbons (Fsp3) is 0.907. The lowest BCUT2D eigenvalue weighted by molar-refractivity contribution is -0.778. The summed E-state index contributed by atoms with van der Waals surface area (Å²) < 4.78 is 245. The molecule has 0 aromatic carbocycles. The minimum Gasteiger partial charge on any atom is -0.726 e. The number of hydrogen-bond acceptors (Lipinski definition) is 51. The third-order valence-electron chi connectivity index (χ3n) is 18.3. The third-order valence-corrected chi connectivity index (χ3v) is 22.3. The van der Waals surface area contributed by atoms with E-state index in [0.29, 0.717) is 19.3 Å². The lowest BCUT2D eigenvalue weighted by Crippen LogP contribution is -2.70. The van der Waals surface area contributed by atoms with Crippen molar-refractivity contribution in [3.8, 4) is 0 Å². The molecule has 7 aliphatic heterocycles. The van der Waals surface area contributed by atoms with Gasteiger partial charge in [0.2, 0.25) is 43.0 Å². The number of rotatable bonds is 50. The molecule has 112 heavy (non-hydrogen) atoms. The Morgan fingerprint density at radius 1 is 0.482 bits per heavy atom. The number of carbonyl (C=O) groups is 5. The molecule has 650 valence electrons. The molecule has 0 radical (unpaired) electrons. The number of carboxylic acids is 2. The number of unbranched alkanes of at least 4 members (excludes halogenated alkanes) is 3. The van der Waals surface area contributed by atoms with E-state index in [0.717, 1.165) is 61.3 Å². The molecule has 7 fully saturated rings. The summed E-state index contributed by atoms with van der Waals surface area (Å²) >= 11 is 0.900. The van der Waals surface area contributed by atoms with Crippen LogP contribution in [0.5, 0.6) is 0 Å². The van der Waals surface area contributed by atoms with Crippen LogP contribution in [0.25, 0.3) is 0 Å². The van der Waals surface area contributed by atoms with Gasteiger partial charge in [-0.3, -0.25) is 49.8 Å². The molecule has 7 heterocycles. The number of carbonyl (C=O) groups excluding carboxylic acids is 5. The van der Waals surface area contributed by atoms with Gasteiger partial charge in [0.15, 0.2) is 80.6 Å². The normalized spacial score (nSPS) is 35.9. The van der Waals surface area contributed by atoms with Gasteiger partial charge in [-0.05, 0) is 25.7 Å². The Bertz CT molecular complexity index is 3270. The first-order chi connectivity index (χ1) is 53.3. The topological polar surface area (TPSA) is 679 Å². The Hall–Kier alpha value is -2.96. The van der Waals surface area contributed by atoms with Crippen molar-refractivity contribution in [3.63, 3.8) is 0 Å². The third kappa shape index (κ3) is 27.5. The number of thioether (sulfide) groups is 1. The first-order valence-corrected chi connectivity index (χ1v) is 40.3. The zero-order valence-electron chi connectivity index (χ0n) is 59.9. The predicted octanol–water partition coefficient (Wildman–Crippen LogP) is -9.14. The summed E-state index contributed by atoms with van der Waals surface area (Å²) in [5, 5.41) is 82.0. The number of hydrogen-bond donors (Lipinski definition) is 4. The molecule has 0 aliphatic carbocycles. The molecule has 14 unspecified atom stereocenters. The number of urea groups is 1. The average molecular weight is 1760 g/mol. The molecule has 51 nitrogen and oxygen atoms in total. The first-order valence-electron chi connectivity index (χ1n) is 33.2. The van der Waals surface area contributed by atoms with Crippen LogP contribution in [-0.4, -0.2) is 315 Å². The summed E-state index contributed by atoms with van der Waals surface area (Å²) in [4.78, 5) is 65.3. The molecule has 4 amide bonds. The summed E-state index contributed by atoms with van der Waals surface area (Å²) in [5.41, 5.74) is 0. The van der Waals surface area contributed by atoms with Gasteiger partial charge in [0.25, 0.3) is 0 Å². The maximum absolute atomic E-state index is 13.9. The highest BCUT2D eigenvalue weighted by Crippen LogP contribution is 2.43. The Balaban J connectivity index is 1.14. The first kappa shape index (κ1) is 96.2. The lowest BCUT2D eigenvalue weighted by Gasteiger charge is -2.52. The van der Waals surface area contributed by atoms with Gasteiger partial charge in [0, 0.05) is 86.1 Å². The van der Waals surface area contributed by atoms with E-state index in [2.05, 4.69) is 61.9 Å². The number of fused-ring (bicyclic) bond motifs is 1. The Morgan fingerprint density at radius 3 is 1.38 bits per heavy atom. The average Bonchev–Trinajstić information content (AvgIpc) is 0.887. The van der Waals surface area contributed by atoms with Crippen LogP contribution in [0.4, 0.5) is 4.79 Å². The smallest absolute Gasteiger partial charge is 0.315 e. The van der Waals surface area contributed by atoms with Crippen molar-refractivity contribution in [3.05, 3.63) is 0 Å². The largest absolute Gasteiger partial charge is 0.726 e. The molecule has 0 saturated carbocycles. The van der Waals surface area contributed by atoms with Gasteiger partial charge in [-0.15, -0.1) is 13.0 Å². The Kier molecular flexibility index (Phi) is 40.0. The van der Waals surface area contributed by atoms with E-state index < -0.39 is 234 Å². The Labute approximate surface area is 656 Å². The fourth-order valence-corrected chi connectivity index (χ4v) is 16.9. The second kappa shape index (κ2) is 46.6. The van der Waals surface area contributed by atoms with Crippen LogP contribution in [0.3, 0.4) is 0 Å². The van der Waals surface area contributed by atoms with E-state index in [1.165, 1.54) is 14.0 Å². The van der Waals surface area contributed by atoms with Crippen molar-refractivity contribution < 1.29 is 218 Å². The molecule has 7 rings (SSSR count). The van der Waals surface area contributed by atoms with E-state index in [1.54, 1.807) is 11.8 Å². The summed E-state index contributed by atoms with van der Waals surface area (Å²) in [7, 11) is -9.66. The van der Waals surface area contributed by atoms with Gasteiger partial charge in [-0.1, -0.05) is 19.8 Å². The highest BCUT2D eigenvalue weighted by Gasteiger charge is 2.60. The zero-order valence-corrected chi connectivity index (χ0v) is 65.6. The molecule has 0 spiro atoms. The van der Waals surface area contributed by atoms with Crippen molar-refractivity contribution in [2.75, 3.05) is 81.9 Å². The molecule has 0 bridgehead atoms. The fourth-order valence-electron chi connectivity index (χ4n) is 13.4. The summed E-state index contributed by atoms with van der Waals surface area (Å²) in [5.74, 6) is -5.38. The maximum Gasteiger partial charge on any atom is 0.315 e. The van der Waals surface area contributed by atoms with Crippen LogP contribution < -0.4 is 47.3 Å². The van der Waals surface area contributed by atoms with Crippen LogP contribution >= 0.6 is 48.7 Å². The van der Waals surface area contributed by atoms with Gasteiger partial charge in [-0.2, -0.15) is 11.8 Å². The number of carboxylic acid groups (broad SMARTS) is 2. The molecule has 0 aromatic rings. The molecule has 0 aromatic heterocycles. The highest BCUT2D eigenvalue weighted by molar-refractivity contribution is 8.00. The summed E-state index contributed by atoms with van der Waals surface area (Å²) in [6, 6.07) is -1.55. The molecule has 7 saturated heterocycles. The van der Waals surface area contributed by atoms with Crippen molar-refractivity contribution in [2.45, 2.75) is 223 Å². The summed E-state index contributed by atoms with van der Waals surface area (Å²) in [6.45, 7) is -1.98. The van der Waals surface area contributed by atoms with E-state index in [9.17, 15) is 88.9 Å².